The van der Waals surface area contributed by atoms with E-state index in [4.69, 9.17) is 5.84 Å². The highest BCUT2D eigenvalue weighted by Crippen LogP contribution is 2.40. The lowest BCUT2D eigenvalue weighted by atomic mass is 9.74. The second-order valence-electron chi connectivity index (χ2n) is 4.46. The first-order valence-corrected chi connectivity index (χ1v) is 6.68. The molecule has 1 heterocycles. The van der Waals surface area contributed by atoms with E-state index in [1.165, 1.54) is 22.4 Å². The van der Waals surface area contributed by atoms with Crippen LogP contribution in [0.1, 0.15) is 34.4 Å². The third kappa shape index (κ3) is 1.99. The SMILES string of the molecule is NNC(CC1Cc2ccccc21)c1cncs1. The van der Waals surface area contributed by atoms with Crippen molar-refractivity contribution in [3.63, 3.8) is 0 Å². The van der Waals surface area contributed by atoms with Gasteiger partial charge in [0.2, 0.25) is 0 Å². The fourth-order valence-electron chi connectivity index (χ4n) is 2.52. The topological polar surface area (TPSA) is 50.9 Å². The van der Waals surface area contributed by atoms with Gasteiger partial charge in [-0.1, -0.05) is 24.3 Å². The van der Waals surface area contributed by atoms with Crippen LogP contribution >= 0.6 is 11.3 Å². The quantitative estimate of drug-likeness (QED) is 0.642. The average molecular weight is 245 g/mol. The van der Waals surface area contributed by atoms with Gasteiger partial charge in [-0.25, -0.2) is 0 Å². The maximum Gasteiger partial charge on any atom is 0.0794 e. The second-order valence-corrected chi connectivity index (χ2v) is 5.38. The molecule has 1 aromatic heterocycles. The monoisotopic (exact) mass is 245 g/mol. The highest BCUT2D eigenvalue weighted by atomic mass is 32.1. The Morgan fingerprint density at radius 1 is 1.47 bits per heavy atom. The van der Waals surface area contributed by atoms with Gasteiger partial charge < -0.3 is 0 Å². The number of fused-ring (bicyclic) bond motifs is 1. The summed E-state index contributed by atoms with van der Waals surface area (Å²) in [6, 6.07) is 8.88. The lowest BCUT2D eigenvalue weighted by molar-refractivity contribution is 0.440. The third-order valence-electron chi connectivity index (χ3n) is 3.48. The molecule has 1 aromatic carbocycles. The predicted molar refractivity (Wildman–Crippen MR) is 69.7 cm³/mol. The first-order chi connectivity index (χ1) is 8.38. The third-order valence-corrected chi connectivity index (χ3v) is 4.37. The van der Waals surface area contributed by atoms with Gasteiger partial charge in [0.25, 0.3) is 0 Å². The number of nitrogens with two attached hydrogens (primary N) is 1. The zero-order valence-electron chi connectivity index (χ0n) is 9.47. The summed E-state index contributed by atoms with van der Waals surface area (Å²) in [5, 5.41) is 0. The molecular weight excluding hydrogens is 230 g/mol. The fourth-order valence-corrected chi connectivity index (χ4v) is 3.22. The zero-order chi connectivity index (χ0) is 11.7. The number of thiazole rings is 1. The second kappa shape index (κ2) is 4.56. The van der Waals surface area contributed by atoms with E-state index in [2.05, 4.69) is 34.7 Å². The highest BCUT2D eigenvalue weighted by Gasteiger charge is 2.28. The van der Waals surface area contributed by atoms with Crippen LogP contribution in [0.15, 0.2) is 36.0 Å². The van der Waals surface area contributed by atoms with Gasteiger partial charge in [0.1, 0.15) is 0 Å². The van der Waals surface area contributed by atoms with Crippen molar-refractivity contribution in [3.05, 3.63) is 52.0 Å². The number of aromatic nitrogens is 1. The molecule has 4 heteroatoms. The number of rotatable bonds is 4. The Morgan fingerprint density at radius 2 is 2.35 bits per heavy atom. The van der Waals surface area contributed by atoms with Gasteiger partial charge in [-0.2, -0.15) is 0 Å². The molecule has 0 aliphatic heterocycles. The summed E-state index contributed by atoms with van der Waals surface area (Å²) in [7, 11) is 0. The zero-order valence-corrected chi connectivity index (χ0v) is 10.3. The van der Waals surface area contributed by atoms with Crippen molar-refractivity contribution in [3.8, 4) is 0 Å². The Hall–Kier alpha value is -1.23. The van der Waals surface area contributed by atoms with Crippen LogP contribution in [-0.2, 0) is 6.42 Å². The van der Waals surface area contributed by atoms with Gasteiger partial charge in [-0.3, -0.25) is 16.3 Å². The van der Waals surface area contributed by atoms with Crippen LogP contribution in [0.2, 0.25) is 0 Å². The predicted octanol–water partition coefficient (Wildman–Crippen LogP) is 2.38. The van der Waals surface area contributed by atoms with Crippen molar-refractivity contribution in [1.29, 1.82) is 0 Å². The maximum atomic E-state index is 5.64. The van der Waals surface area contributed by atoms with Crippen molar-refractivity contribution in [2.45, 2.75) is 24.8 Å². The summed E-state index contributed by atoms with van der Waals surface area (Å²) in [6.45, 7) is 0. The molecule has 17 heavy (non-hydrogen) atoms. The lowest BCUT2D eigenvalue weighted by Gasteiger charge is -2.32. The molecule has 3 nitrogen and oxygen atoms in total. The molecule has 1 aliphatic carbocycles. The molecule has 0 spiro atoms. The van der Waals surface area contributed by atoms with E-state index < -0.39 is 0 Å². The molecule has 3 rings (SSSR count). The molecule has 0 fully saturated rings. The molecule has 2 atom stereocenters. The molecule has 0 bridgehead atoms. The molecule has 0 radical (unpaired) electrons. The fraction of sp³-hybridized carbons (Fsp3) is 0.308. The lowest BCUT2D eigenvalue weighted by Crippen LogP contribution is -2.31. The van der Waals surface area contributed by atoms with Crippen molar-refractivity contribution < 1.29 is 0 Å². The Bertz CT molecular complexity index is 495. The number of nitrogens with one attached hydrogen (secondary N) is 1. The molecule has 2 unspecified atom stereocenters. The van der Waals surface area contributed by atoms with E-state index in [1.807, 2.05) is 11.7 Å². The van der Waals surface area contributed by atoms with Crippen LogP contribution in [0.4, 0.5) is 0 Å². The maximum absolute atomic E-state index is 5.64. The van der Waals surface area contributed by atoms with Gasteiger partial charge in [-0.05, 0) is 29.9 Å². The Labute approximate surface area is 105 Å². The molecule has 2 aromatic rings. The summed E-state index contributed by atoms with van der Waals surface area (Å²) in [4.78, 5) is 5.33. The van der Waals surface area contributed by atoms with Crippen molar-refractivity contribution in [2.24, 2.45) is 5.84 Å². The van der Waals surface area contributed by atoms with Gasteiger partial charge in [0.15, 0.2) is 0 Å². The Morgan fingerprint density at radius 3 is 3.06 bits per heavy atom. The van der Waals surface area contributed by atoms with E-state index in [-0.39, 0.29) is 6.04 Å². The number of hydrogen-bond acceptors (Lipinski definition) is 4. The number of nitrogens with zero attached hydrogens (tertiary/aromatic N) is 1. The van der Waals surface area contributed by atoms with Crippen molar-refractivity contribution in [2.75, 3.05) is 0 Å². The molecule has 0 saturated carbocycles. The Balaban J connectivity index is 1.73. The number of hydrazine groups is 1. The summed E-state index contributed by atoms with van der Waals surface area (Å²) in [5.41, 5.74) is 7.73. The summed E-state index contributed by atoms with van der Waals surface area (Å²) in [6.07, 6.45) is 4.13. The average Bonchev–Trinajstić information content (AvgIpc) is 2.84. The normalized spacial score (nSPS) is 19.5. The van der Waals surface area contributed by atoms with Gasteiger partial charge in [0, 0.05) is 11.1 Å². The molecule has 1 aliphatic rings. The minimum atomic E-state index is 0.223. The molecular formula is C13H15N3S. The van der Waals surface area contributed by atoms with Crippen LogP contribution in [0.5, 0.6) is 0 Å². The highest BCUT2D eigenvalue weighted by molar-refractivity contribution is 7.09. The summed E-state index contributed by atoms with van der Waals surface area (Å²) >= 11 is 1.66. The first kappa shape index (κ1) is 10.9. The van der Waals surface area contributed by atoms with E-state index in [0.29, 0.717) is 5.92 Å². The van der Waals surface area contributed by atoms with E-state index in [0.717, 1.165) is 6.42 Å². The standard InChI is InChI=1S/C13H15N3S/c14-16-12(13-7-15-8-17-13)6-10-5-9-3-1-2-4-11(9)10/h1-4,7-8,10,12,16H,5-6,14H2. The summed E-state index contributed by atoms with van der Waals surface area (Å²) < 4.78 is 0. The van der Waals surface area contributed by atoms with Gasteiger partial charge in [0.05, 0.1) is 11.6 Å². The number of benzene rings is 1. The molecule has 3 N–H and O–H groups in total. The smallest absolute Gasteiger partial charge is 0.0794 e. The van der Waals surface area contributed by atoms with E-state index >= 15 is 0 Å². The molecule has 88 valence electrons. The first-order valence-electron chi connectivity index (χ1n) is 5.81. The van der Waals surface area contributed by atoms with Crippen LogP contribution in [-0.4, -0.2) is 4.98 Å². The van der Waals surface area contributed by atoms with Gasteiger partial charge in [-0.15, -0.1) is 11.3 Å². The van der Waals surface area contributed by atoms with Crippen LogP contribution in [0, 0.1) is 0 Å². The minimum absolute atomic E-state index is 0.223. The van der Waals surface area contributed by atoms with Crippen molar-refractivity contribution in [1.82, 2.24) is 10.4 Å². The number of hydrogen-bond donors (Lipinski definition) is 2. The van der Waals surface area contributed by atoms with E-state index in [9.17, 15) is 0 Å². The Kier molecular flexibility index (Phi) is 2.93. The van der Waals surface area contributed by atoms with Gasteiger partial charge >= 0.3 is 0 Å². The molecule has 0 saturated heterocycles. The van der Waals surface area contributed by atoms with Crippen LogP contribution < -0.4 is 11.3 Å². The van der Waals surface area contributed by atoms with E-state index in [1.54, 1.807) is 11.3 Å². The minimum Gasteiger partial charge on any atom is -0.271 e. The summed E-state index contributed by atoms with van der Waals surface area (Å²) in [5.74, 6) is 6.27. The molecule has 0 amide bonds. The van der Waals surface area contributed by atoms with Crippen LogP contribution in [0.3, 0.4) is 0 Å². The van der Waals surface area contributed by atoms with Crippen LogP contribution in [0.25, 0.3) is 0 Å². The van der Waals surface area contributed by atoms with Crippen molar-refractivity contribution >= 4 is 11.3 Å². The largest absolute Gasteiger partial charge is 0.271 e.